The fourth-order valence-electron chi connectivity index (χ4n) is 2.97. The molecule has 1 heterocycles. The van der Waals surface area contributed by atoms with Gasteiger partial charge in [0.05, 0.1) is 18.8 Å². The van der Waals surface area contributed by atoms with Crippen LogP contribution in [0.1, 0.15) is 25.7 Å². The Morgan fingerprint density at radius 2 is 2.05 bits per heavy atom. The van der Waals surface area contributed by atoms with Crippen LogP contribution in [0.5, 0.6) is 0 Å². The summed E-state index contributed by atoms with van der Waals surface area (Å²) in [6.07, 6.45) is 3.03. The Hall–Kier alpha value is -0.510. The molecule has 0 aromatic carbocycles. The third-order valence-electron chi connectivity index (χ3n) is 3.99. The van der Waals surface area contributed by atoms with Crippen molar-refractivity contribution in [2.75, 3.05) is 19.3 Å². The maximum atomic E-state index is 13.0. The van der Waals surface area contributed by atoms with Crippen molar-refractivity contribution < 1.29 is 22.0 Å². The number of halogens is 3. The molecule has 130 valence electrons. The third kappa shape index (κ3) is 5.60. The minimum Gasteiger partial charge on any atom is -0.354 e. The van der Waals surface area contributed by atoms with Crippen LogP contribution >= 0.6 is 12.4 Å². The molecular weight excluding hydrogens is 340 g/mol. The second-order valence-electron chi connectivity index (χ2n) is 5.93. The average Bonchev–Trinajstić information content (AvgIpc) is 2.90. The number of hydrogen-bond acceptors (Lipinski definition) is 4. The maximum absolute atomic E-state index is 13.0. The summed E-state index contributed by atoms with van der Waals surface area (Å²) in [4.78, 5) is 11.8. The molecule has 6 nitrogen and oxygen atoms in total. The van der Waals surface area contributed by atoms with Gasteiger partial charge >= 0.3 is 0 Å². The summed E-state index contributed by atoms with van der Waals surface area (Å²) in [6, 6.07) is -1.07. The van der Waals surface area contributed by atoms with Crippen molar-refractivity contribution in [2.45, 2.75) is 43.7 Å². The number of amides is 1. The standard InChI is InChI=1S/C12H21F2N3O3S.ClH/c1-21(19,20)17-9-4-2-3-8(9)6-15-11(18)10-5-12(13,14)7-16-10;/h8-10,16-17H,2-7H2,1H3,(H,15,18);1H. The monoisotopic (exact) mass is 361 g/mol. The quantitative estimate of drug-likeness (QED) is 0.654. The van der Waals surface area contributed by atoms with E-state index >= 15 is 0 Å². The molecule has 22 heavy (non-hydrogen) atoms. The summed E-state index contributed by atoms with van der Waals surface area (Å²) < 4.78 is 51.1. The SMILES string of the molecule is CS(=O)(=O)NC1CCCC1CNC(=O)C1CC(F)(F)CN1.Cl. The Bertz CT molecular complexity index is 504. The lowest BCUT2D eigenvalue weighted by molar-refractivity contribution is -0.123. The summed E-state index contributed by atoms with van der Waals surface area (Å²) in [5, 5.41) is 5.15. The Balaban J connectivity index is 0.00000242. The number of hydrogen-bond donors (Lipinski definition) is 3. The van der Waals surface area contributed by atoms with Gasteiger partial charge in [-0.2, -0.15) is 0 Å². The number of carbonyl (C=O) groups excluding carboxylic acids is 1. The molecule has 1 amide bonds. The van der Waals surface area contributed by atoms with E-state index in [2.05, 4.69) is 15.4 Å². The molecular formula is C12H22ClF2N3O3S. The zero-order valence-electron chi connectivity index (χ0n) is 12.3. The molecule has 2 fully saturated rings. The van der Waals surface area contributed by atoms with Gasteiger partial charge in [0, 0.05) is 19.0 Å². The van der Waals surface area contributed by atoms with Crippen LogP contribution < -0.4 is 15.4 Å². The van der Waals surface area contributed by atoms with Gasteiger partial charge in [0.25, 0.3) is 5.92 Å². The topological polar surface area (TPSA) is 87.3 Å². The lowest BCUT2D eigenvalue weighted by Crippen LogP contribution is -2.45. The van der Waals surface area contributed by atoms with E-state index in [0.29, 0.717) is 6.54 Å². The fourth-order valence-corrected chi connectivity index (χ4v) is 3.83. The second kappa shape index (κ2) is 7.37. The number of alkyl halides is 2. The van der Waals surface area contributed by atoms with E-state index in [4.69, 9.17) is 0 Å². The van der Waals surface area contributed by atoms with Crippen LogP contribution in [0.25, 0.3) is 0 Å². The first-order chi connectivity index (χ1) is 9.66. The highest BCUT2D eigenvalue weighted by Crippen LogP contribution is 2.27. The van der Waals surface area contributed by atoms with Crippen LogP contribution in [-0.4, -0.2) is 51.7 Å². The van der Waals surface area contributed by atoms with Crippen LogP contribution in [0, 0.1) is 5.92 Å². The first kappa shape index (κ1) is 19.5. The minimum atomic E-state index is -3.28. The van der Waals surface area contributed by atoms with E-state index in [9.17, 15) is 22.0 Å². The van der Waals surface area contributed by atoms with Crippen molar-refractivity contribution in [1.82, 2.24) is 15.4 Å². The third-order valence-corrected chi connectivity index (χ3v) is 4.72. The number of rotatable bonds is 5. The van der Waals surface area contributed by atoms with Gasteiger partial charge < -0.3 is 5.32 Å². The molecule has 1 aliphatic carbocycles. The van der Waals surface area contributed by atoms with Crippen LogP contribution in [0.15, 0.2) is 0 Å². The van der Waals surface area contributed by atoms with Crippen molar-refractivity contribution in [2.24, 2.45) is 5.92 Å². The Morgan fingerprint density at radius 1 is 1.36 bits per heavy atom. The normalized spacial score (nSPS) is 30.8. The molecule has 3 N–H and O–H groups in total. The van der Waals surface area contributed by atoms with Crippen LogP contribution in [0.2, 0.25) is 0 Å². The zero-order valence-corrected chi connectivity index (χ0v) is 13.9. The van der Waals surface area contributed by atoms with Gasteiger partial charge in [0.2, 0.25) is 15.9 Å². The molecule has 0 bridgehead atoms. The molecule has 1 saturated heterocycles. The molecule has 2 aliphatic rings. The van der Waals surface area contributed by atoms with Gasteiger partial charge in [-0.15, -0.1) is 12.4 Å². The summed E-state index contributed by atoms with van der Waals surface area (Å²) in [5.74, 6) is -3.28. The number of nitrogens with one attached hydrogen (secondary N) is 3. The van der Waals surface area contributed by atoms with Gasteiger partial charge in [0.1, 0.15) is 0 Å². The largest absolute Gasteiger partial charge is 0.354 e. The van der Waals surface area contributed by atoms with Crippen molar-refractivity contribution in [3.63, 3.8) is 0 Å². The highest BCUT2D eigenvalue weighted by atomic mass is 35.5. The number of carbonyl (C=O) groups is 1. The lowest BCUT2D eigenvalue weighted by Gasteiger charge is -2.21. The molecule has 10 heteroatoms. The molecule has 0 aromatic rings. The van der Waals surface area contributed by atoms with E-state index < -0.39 is 40.9 Å². The van der Waals surface area contributed by atoms with Gasteiger partial charge in [-0.1, -0.05) is 6.42 Å². The van der Waals surface area contributed by atoms with Gasteiger partial charge in [-0.05, 0) is 18.8 Å². The smallest absolute Gasteiger partial charge is 0.262 e. The second-order valence-corrected chi connectivity index (χ2v) is 7.71. The summed E-state index contributed by atoms with van der Waals surface area (Å²) in [7, 11) is -3.28. The van der Waals surface area contributed by atoms with Gasteiger partial charge in [-0.25, -0.2) is 21.9 Å². The predicted octanol–water partition coefficient (Wildman–Crippen LogP) is 0.240. The Kier molecular flexibility index (Phi) is 6.55. The molecule has 0 aromatic heterocycles. The van der Waals surface area contributed by atoms with E-state index in [1.807, 2.05) is 0 Å². The van der Waals surface area contributed by atoms with Crippen LogP contribution in [-0.2, 0) is 14.8 Å². The van der Waals surface area contributed by atoms with Crippen molar-refractivity contribution in [3.05, 3.63) is 0 Å². The first-order valence-electron chi connectivity index (χ1n) is 7.02. The lowest BCUT2D eigenvalue weighted by atomic mass is 10.0. The van der Waals surface area contributed by atoms with E-state index in [-0.39, 0.29) is 24.4 Å². The molecule has 2 rings (SSSR count). The molecule has 3 unspecified atom stereocenters. The highest BCUT2D eigenvalue weighted by Gasteiger charge is 2.42. The van der Waals surface area contributed by atoms with E-state index in [1.165, 1.54) is 0 Å². The van der Waals surface area contributed by atoms with Gasteiger partial charge in [0.15, 0.2) is 0 Å². The maximum Gasteiger partial charge on any atom is 0.262 e. The minimum absolute atomic E-state index is 0. The molecule has 3 atom stereocenters. The summed E-state index contributed by atoms with van der Waals surface area (Å²) >= 11 is 0. The average molecular weight is 362 g/mol. The molecule has 1 saturated carbocycles. The summed E-state index contributed by atoms with van der Waals surface area (Å²) in [6.45, 7) is -0.178. The van der Waals surface area contributed by atoms with Crippen LogP contribution in [0.4, 0.5) is 8.78 Å². The highest BCUT2D eigenvalue weighted by molar-refractivity contribution is 7.88. The zero-order chi connectivity index (χ0) is 15.7. The Labute approximate surface area is 135 Å². The van der Waals surface area contributed by atoms with E-state index in [0.717, 1.165) is 25.5 Å². The van der Waals surface area contributed by atoms with Crippen LogP contribution in [0.3, 0.4) is 0 Å². The first-order valence-corrected chi connectivity index (χ1v) is 8.92. The Morgan fingerprint density at radius 3 is 2.59 bits per heavy atom. The van der Waals surface area contributed by atoms with E-state index in [1.54, 1.807) is 0 Å². The molecule has 1 aliphatic heterocycles. The van der Waals surface area contributed by atoms with Crippen molar-refractivity contribution in [3.8, 4) is 0 Å². The fraction of sp³-hybridized carbons (Fsp3) is 0.917. The molecule has 0 spiro atoms. The molecule has 0 radical (unpaired) electrons. The van der Waals surface area contributed by atoms with Crippen molar-refractivity contribution >= 4 is 28.3 Å². The van der Waals surface area contributed by atoms with Crippen molar-refractivity contribution in [1.29, 1.82) is 0 Å². The van der Waals surface area contributed by atoms with Gasteiger partial charge in [-0.3, -0.25) is 10.1 Å². The number of sulfonamides is 1. The predicted molar refractivity (Wildman–Crippen MR) is 80.7 cm³/mol. The summed E-state index contributed by atoms with van der Waals surface area (Å²) in [5.41, 5.74) is 0.